The second kappa shape index (κ2) is 9.20. The van der Waals surface area contributed by atoms with Crippen LogP contribution in [0.25, 0.3) is 28.2 Å². The first-order chi connectivity index (χ1) is 19.7. The number of benzene rings is 1. The Morgan fingerprint density at radius 2 is 1.83 bits per heavy atom. The van der Waals surface area contributed by atoms with Gasteiger partial charge in [-0.1, -0.05) is 6.07 Å². The number of aryl methyl sites for hydroxylation is 1. The maximum Gasteiger partial charge on any atom is 0.272 e. The lowest BCUT2D eigenvalue weighted by Gasteiger charge is -2.22. The van der Waals surface area contributed by atoms with Crippen LogP contribution in [0.1, 0.15) is 29.9 Å². The molecule has 1 saturated heterocycles. The molecule has 7 rings (SSSR count). The van der Waals surface area contributed by atoms with Crippen LogP contribution in [-0.2, 0) is 12.6 Å². The van der Waals surface area contributed by atoms with E-state index in [1.165, 1.54) is 6.07 Å². The number of aromatic nitrogens is 6. The Hall–Kier alpha value is -4.64. The molecule has 2 N–H and O–H groups in total. The molecule has 11 heteroatoms. The van der Waals surface area contributed by atoms with Crippen molar-refractivity contribution in [1.82, 2.24) is 34.2 Å². The van der Waals surface area contributed by atoms with Crippen LogP contribution in [0.2, 0.25) is 0 Å². The van der Waals surface area contributed by atoms with Gasteiger partial charge in [0.1, 0.15) is 29.1 Å². The van der Waals surface area contributed by atoms with Crippen molar-refractivity contribution in [3.8, 4) is 23.2 Å². The molecule has 2 aliphatic rings. The number of carbonyl (C=O) groups excluding carboxylic acids is 1. The summed E-state index contributed by atoms with van der Waals surface area (Å²) in [6, 6.07) is 14.0. The van der Waals surface area contributed by atoms with Gasteiger partial charge >= 0.3 is 0 Å². The predicted molar refractivity (Wildman–Crippen MR) is 150 cm³/mol. The monoisotopic (exact) mass is 552 g/mol. The quantitative estimate of drug-likeness (QED) is 0.341. The molecule has 1 aliphatic heterocycles. The predicted octanol–water partition coefficient (Wildman–Crippen LogP) is 3.70. The number of rotatable bonds is 6. The van der Waals surface area contributed by atoms with Crippen LogP contribution in [-0.4, -0.2) is 59.3 Å². The molecule has 4 aromatic heterocycles. The minimum atomic E-state index is -0.639. The van der Waals surface area contributed by atoms with E-state index in [1.807, 2.05) is 41.5 Å². The maximum absolute atomic E-state index is 14.4. The molecule has 5 aromatic rings. The highest BCUT2D eigenvalue weighted by Crippen LogP contribution is 2.48. The third kappa shape index (κ3) is 4.42. The van der Waals surface area contributed by atoms with Crippen LogP contribution in [0.15, 0.2) is 67.1 Å². The summed E-state index contributed by atoms with van der Waals surface area (Å²) in [5.74, 6) is 1.61. The van der Waals surface area contributed by atoms with Gasteiger partial charge in [0.05, 0.1) is 5.52 Å². The highest BCUT2D eigenvalue weighted by Gasteiger charge is 2.59. The summed E-state index contributed by atoms with van der Waals surface area (Å²) in [5, 5.41) is 4.95. The Morgan fingerprint density at radius 1 is 1.07 bits per heavy atom. The summed E-state index contributed by atoms with van der Waals surface area (Å²) in [5.41, 5.74) is 8.45. The smallest absolute Gasteiger partial charge is 0.272 e. The summed E-state index contributed by atoms with van der Waals surface area (Å²) in [6.07, 6.45) is 5.05. The number of fused-ring (bicyclic) bond motifs is 2. The largest absolute Gasteiger partial charge is 0.474 e. The number of piperidine rings is 1. The molecule has 3 atom stereocenters. The Labute approximate surface area is 235 Å². The van der Waals surface area contributed by atoms with Crippen molar-refractivity contribution >= 4 is 16.8 Å². The van der Waals surface area contributed by atoms with Gasteiger partial charge in [0.15, 0.2) is 5.82 Å². The van der Waals surface area contributed by atoms with Gasteiger partial charge in [-0.3, -0.25) is 9.48 Å². The molecule has 0 bridgehead atoms. The Balaban J connectivity index is 1.09. The fraction of sp³-hybridized carbons (Fsp3) is 0.300. The fourth-order valence-electron chi connectivity index (χ4n) is 5.70. The third-order valence-electron chi connectivity index (χ3n) is 8.01. The molecule has 208 valence electrons. The van der Waals surface area contributed by atoms with E-state index in [0.717, 1.165) is 5.56 Å². The third-order valence-corrected chi connectivity index (χ3v) is 8.01. The summed E-state index contributed by atoms with van der Waals surface area (Å²) >= 11 is 0. The lowest BCUT2D eigenvalue weighted by Crippen LogP contribution is -2.34. The number of amides is 1. The molecular formula is C30H29FN8O2. The summed E-state index contributed by atoms with van der Waals surface area (Å²) in [6.45, 7) is 5.03. The molecule has 5 heterocycles. The van der Waals surface area contributed by atoms with Gasteiger partial charge in [0.25, 0.3) is 5.91 Å². The zero-order valence-corrected chi connectivity index (χ0v) is 22.9. The minimum absolute atomic E-state index is 0.0470. The second-order valence-corrected chi connectivity index (χ2v) is 11.4. The lowest BCUT2D eigenvalue weighted by atomic mass is 9.96. The maximum atomic E-state index is 14.4. The molecule has 1 unspecified atom stereocenters. The highest BCUT2D eigenvalue weighted by atomic mass is 19.1. The topological polar surface area (TPSA) is 117 Å². The molecule has 1 aromatic carbocycles. The highest BCUT2D eigenvalue weighted by molar-refractivity contribution is 5.94. The standard InChI is InChI=1S/C30H29FN8O2/c1-30(2,32)17-12-25(39-11-8-18-21(31)6-4-7-23(18)39)35-26(13-17)41-27-19-15-38(16-20(19)27)29(40)24-14-22(36-37(24)3)28-33-9-5-10-34-28/h4-14,19-20,27H,15-16,32H2,1-3H3/t19-,20+,27?. The summed E-state index contributed by atoms with van der Waals surface area (Å²) < 4.78 is 24.2. The van der Waals surface area contributed by atoms with E-state index in [2.05, 4.69) is 15.1 Å². The van der Waals surface area contributed by atoms with E-state index < -0.39 is 5.54 Å². The van der Waals surface area contributed by atoms with Crippen molar-refractivity contribution in [2.45, 2.75) is 25.5 Å². The Bertz CT molecular complexity index is 1780. The number of halogens is 1. The van der Waals surface area contributed by atoms with Crippen molar-refractivity contribution in [1.29, 1.82) is 0 Å². The van der Waals surface area contributed by atoms with Crippen molar-refractivity contribution in [3.63, 3.8) is 0 Å². The molecule has 2 fully saturated rings. The second-order valence-electron chi connectivity index (χ2n) is 11.4. The number of hydrogen-bond donors (Lipinski definition) is 1. The van der Waals surface area contributed by atoms with Gasteiger partial charge in [0, 0.05) is 73.6 Å². The van der Waals surface area contributed by atoms with Gasteiger partial charge in [-0.15, -0.1) is 0 Å². The number of hydrogen-bond acceptors (Lipinski definition) is 7. The Morgan fingerprint density at radius 3 is 2.56 bits per heavy atom. The van der Waals surface area contributed by atoms with E-state index in [4.69, 9.17) is 15.5 Å². The van der Waals surface area contributed by atoms with Crippen LogP contribution in [0.5, 0.6) is 5.88 Å². The number of pyridine rings is 1. The van der Waals surface area contributed by atoms with Crippen LogP contribution < -0.4 is 10.5 Å². The molecule has 1 saturated carbocycles. The first-order valence-corrected chi connectivity index (χ1v) is 13.5. The molecular weight excluding hydrogens is 523 g/mol. The van der Waals surface area contributed by atoms with E-state index in [1.54, 1.807) is 54.6 Å². The molecule has 1 amide bonds. The molecule has 41 heavy (non-hydrogen) atoms. The zero-order chi connectivity index (χ0) is 28.5. The average Bonchev–Trinajstić information content (AvgIpc) is 3.40. The normalized spacial score (nSPS) is 19.9. The van der Waals surface area contributed by atoms with Crippen molar-refractivity contribution < 1.29 is 13.9 Å². The average molecular weight is 553 g/mol. The van der Waals surface area contributed by atoms with Gasteiger partial charge in [-0.2, -0.15) is 10.1 Å². The molecule has 1 aliphatic carbocycles. The van der Waals surface area contributed by atoms with Crippen LogP contribution in [0.3, 0.4) is 0 Å². The van der Waals surface area contributed by atoms with Gasteiger partial charge in [-0.05, 0) is 49.7 Å². The van der Waals surface area contributed by atoms with Crippen molar-refractivity contribution in [3.05, 3.63) is 84.2 Å². The Kier molecular flexibility index (Phi) is 5.69. The molecule has 10 nitrogen and oxygen atoms in total. The van der Waals surface area contributed by atoms with Crippen LogP contribution in [0.4, 0.5) is 4.39 Å². The van der Waals surface area contributed by atoms with Gasteiger partial charge in [0.2, 0.25) is 5.88 Å². The summed E-state index contributed by atoms with van der Waals surface area (Å²) in [4.78, 5) is 28.4. The number of nitrogens with zero attached hydrogens (tertiary/aromatic N) is 7. The molecule has 0 spiro atoms. The summed E-state index contributed by atoms with van der Waals surface area (Å²) in [7, 11) is 1.75. The zero-order valence-electron chi connectivity index (χ0n) is 22.9. The van der Waals surface area contributed by atoms with E-state index >= 15 is 0 Å². The molecule has 0 radical (unpaired) electrons. The first kappa shape index (κ1) is 25.3. The number of ether oxygens (including phenoxy) is 1. The lowest BCUT2D eigenvalue weighted by molar-refractivity contribution is 0.0740. The van der Waals surface area contributed by atoms with Crippen molar-refractivity contribution in [2.24, 2.45) is 24.6 Å². The number of carbonyl (C=O) groups is 1. The van der Waals surface area contributed by atoms with Crippen LogP contribution in [0, 0.1) is 17.7 Å². The van der Waals surface area contributed by atoms with Gasteiger partial charge < -0.3 is 19.9 Å². The van der Waals surface area contributed by atoms with E-state index in [0.29, 0.717) is 52.9 Å². The van der Waals surface area contributed by atoms with Gasteiger partial charge in [-0.25, -0.2) is 14.4 Å². The SMILES string of the molecule is Cn1nc(-c2ncccn2)cc1C(=O)N1C[C@@H]2C(Oc3cc(C(C)(C)N)cc(-n4ccc5c(F)cccc54)n3)[C@@H]2C1. The van der Waals surface area contributed by atoms with Crippen LogP contribution >= 0.6 is 0 Å². The fourth-order valence-corrected chi connectivity index (χ4v) is 5.70. The number of nitrogens with two attached hydrogens (primary N) is 1. The minimum Gasteiger partial charge on any atom is -0.474 e. The van der Waals surface area contributed by atoms with Crippen molar-refractivity contribution in [2.75, 3.05) is 13.1 Å². The van der Waals surface area contributed by atoms with E-state index in [9.17, 15) is 9.18 Å². The first-order valence-electron chi connectivity index (χ1n) is 13.5. The number of likely N-dealkylation sites (tertiary alicyclic amines) is 1. The van der Waals surface area contributed by atoms with E-state index in [-0.39, 0.29) is 29.7 Å².